The molecule has 1 aliphatic heterocycles. The first-order valence-electron chi connectivity index (χ1n) is 6.25. The number of hydrogen-bond donors (Lipinski definition) is 1. The smallest absolute Gasteiger partial charge is 0.328 e. The number of esters is 2. The highest BCUT2D eigenvalue weighted by atomic mass is 16.6. The van der Waals surface area contributed by atoms with Crippen molar-refractivity contribution in [3.63, 3.8) is 0 Å². The van der Waals surface area contributed by atoms with E-state index in [1.54, 1.807) is 41.5 Å². The molecule has 0 spiro atoms. The van der Waals surface area contributed by atoms with Crippen molar-refractivity contribution in [1.82, 2.24) is 5.06 Å². The van der Waals surface area contributed by atoms with Crippen molar-refractivity contribution >= 4 is 11.9 Å². The van der Waals surface area contributed by atoms with E-state index < -0.39 is 22.5 Å². The summed E-state index contributed by atoms with van der Waals surface area (Å²) in [6, 6.07) is 0. The van der Waals surface area contributed by atoms with Crippen LogP contribution in [-0.2, 0) is 19.1 Å². The SMILES string of the molecule is CC(C)(C)C(=O)OCC1(C)COC(=O)C(C)(C)N1O. The minimum Gasteiger partial charge on any atom is -0.463 e. The van der Waals surface area contributed by atoms with Crippen molar-refractivity contribution in [2.75, 3.05) is 13.2 Å². The lowest BCUT2D eigenvalue weighted by atomic mass is 9.93. The van der Waals surface area contributed by atoms with Gasteiger partial charge in [0.1, 0.15) is 24.3 Å². The van der Waals surface area contributed by atoms with Gasteiger partial charge in [-0.15, -0.1) is 0 Å². The van der Waals surface area contributed by atoms with Gasteiger partial charge in [0.2, 0.25) is 0 Å². The van der Waals surface area contributed by atoms with Gasteiger partial charge in [-0.3, -0.25) is 4.79 Å². The Balaban J connectivity index is 2.77. The second kappa shape index (κ2) is 4.76. The van der Waals surface area contributed by atoms with Gasteiger partial charge in [-0.1, -0.05) is 0 Å². The van der Waals surface area contributed by atoms with E-state index in [0.717, 1.165) is 5.06 Å². The van der Waals surface area contributed by atoms with Crippen LogP contribution in [0.25, 0.3) is 0 Å². The third-order valence-corrected chi connectivity index (χ3v) is 3.18. The number of nitrogens with zero attached hydrogens (tertiary/aromatic N) is 1. The quantitative estimate of drug-likeness (QED) is 0.766. The molecule has 6 nitrogen and oxygen atoms in total. The van der Waals surface area contributed by atoms with Crippen molar-refractivity contribution in [2.45, 2.75) is 52.6 Å². The second-order valence-electron chi connectivity index (χ2n) is 6.77. The molecule has 0 saturated carbocycles. The standard InChI is InChI=1S/C13H23NO5/c1-11(2,3)9(15)18-7-13(6)8-19-10(16)12(4,5)14(13)17/h17H,7-8H2,1-6H3. The molecule has 1 unspecified atom stereocenters. The molecule has 0 aromatic carbocycles. The van der Waals surface area contributed by atoms with Gasteiger partial charge < -0.3 is 14.7 Å². The first kappa shape index (κ1) is 15.9. The molecule has 1 heterocycles. The van der Waals surface area contributed by atoms with Crippen LogP contribution in [0, 0.1) is 5.41 Å². The molecule has 0 aromatic rings. The van der Waals surface area contributed by atoms with E-state index in [-0.39, 0.29) is 19.2 Å². The number of rotatable bonds is 2. The zero-order valence-corrected chi connectivity index (χ0v) is 12.4. The van der Waals surface area contributed by atoms with Crippen LogP contribution in [0.2, 0.25) is 0 Å². The summed E-state index contributed by atoms with van der Waals surface area (Å²) in [6.07, 6.45) is 0. The predicted octanol–water partition coefficient (Wildman–Crippen LogP) is 1.36. The Bertz CT molecular complexity index is 385. The van der Waals surface area contributed by atoms with Gasteiger partial charge in [0.25, 0.3) is 0 Å². The van der Waals surface area contributed by atoms with E-state index in [0.29, 0.717) is 0 Å². The summed E-state index contributed by atoms with van der Waals surface area (Å²) in [5.74, 6) is -0.869. The Morgan fingerprint density at radius 1 is 1.42 bits per heavy atom. The molecule has 19 heavy (non-hydrogen) atoms. The summed E-state index contributed by atoms with van der Waals surface area (Å²) in [7, 11) is 0. The summed E-state index contributed by atoms with van der Waals surface area (Å²) in [5.41, 5.74) is -2.73. The van der Waals surface area contributed by atoms with E-state index in [1.165, 1.54) is 0 Å². The van der Waals surface area contributed by atoms with Gasteiger partial charge in [0, 0.05) is 0 Å². The maximum atomic E-state index is 11.8. The fourth-order valence-electron chi connectivity index (χ4n) is 1.76. The molecule has 110 valence electrons. The molecule has 0 amide bonds. The van der Waals surface area contributed by atoms with Crippen LogP contribution in [0.1, 0.15) is 41.5 Å². The highest BCUT2D eigenvalue weighted by Crippen LogP contribution is 2.30. The molecular formula is C13H23NO5. The number of cyclic esters (lactones) is 1. The molecular weight excluding hydrogens is 250 g/mol. The minimum atomic E-state index is -1.17. The largest absolute Gasteiger partial charge is 0.463 e. The molecule has 0 radical (unpaired) electrons. The summed E-state index contributed by atoms with van der Waals surface area (Å²) >= 11 is 0. The van der Waals surface area contributed by atoms with Gasteiger partial charge in [0.15, 0.2) is 0 Å². The lowest BCUT2D eigenvalue weighted by Gasteiger charge is -2.47. The molecule has 0 bridgehead atoms. The number of hydrogen-bond acceptors (Lipinski definition) is 6. The molecule has 0 aromatic heterocycles. The molecule has 1 atom stereocenters. The summed E-state index contributed by atoms with van der Waals surface area (Å²) < 4.78 is 10.3. The Kier molecular flexibility index (Phi) is 3.98. The van der Waals surface area contributed by atoms with Gasteiger partial charge in [-0.2, -0.15) is 5.06 Å². The van der Waals surface area contributed by atoms with Crippen LogP contribution in [0.15, 0.2) is 0 Å². The lowest BCUT2D eigenvalue weighted by Crippen LogP contribution is -2.67. The molecule has 0 aliphatic carbocycles. The van der Waals surface area contributed by atoms with Crippen molar-refractivity contribution in [1.29, 1.82) is 0 Å². The Labute approximate surface area is 113 Å². The van der Waals surface area contributed by atoms with Gasteiger partial charge in [-0.05, 0) is 41.5 Å². The predicted molar refractivity (Wildman–Crippen MR) is 67.5 cm³/mol. The van der Waals surface area contributed by atoms with Crippen LogP contribution in [0.5, 0.6) is 0 Å². The Hall–Kier alpha value is -1.14. The van der Waals surface area contributed by atoms with Crippen LogP contribution in [0.4, 0.5) is 0 Å². The molecule has 1 rings (SSSR count). The number of morpholine rings is 1. The first-order valence-corrected chi connectivity index (χ1v) is 6.25. The van der Waals surface area contributed by atoms with E-state index in [2.05, 4.69) is 0 Å². The van der Waals surface area contributed by atoms with Gasteiger partial charge in [-0.25, -0.2) is 4.79 Å². The van der Waals surface area contributed by atoms with Crippen LogP contribution >= 0.6 is 0 Å². The van der Waals surface area contributed by atoms with Crippen LogP contribution in [0.3, 0.4) is 0 Å². The van der Waals surface area contributed by atoms with Crippen molar-refractivity contribution in [3.05, 3.63) is 0 Å². The van der Waals surface area contributed by atoms with Gasteiger partial charge >= 0.3 is 11.9 Å². The zero-order chi connectivity index (χ0) is 15.1. The Morgan fingerprint density at radius 3 is 2.42 bits per heavy atom. The fraction of sp³-hybridized carbons (Fsp3) is 0.846. The minimum absolute atomic E-state index is 0.0246. The molecule has 1 saturated heterocycles. The van der Waals surface area contributed by atoms with E-state index in [1.807, 2.05) is 0 Å². The Morgan fingerprint density at radius 2 is 1.95 bits per heavy atom. The topological polar surface area (TPSA) is 76.1 Å². The first-order chi connectivity index (χ1) is 8.41. The molecule has 6 heteroatoms. The summed E-state index contributed by atoms with van der Waals surface area (Å²) in [5, 5.41) is 11.1. The third-order valence-electron chi connectivity index (χ3n) is 3.18. The van der Waals surface area contributed by atoms with E-state index >= 15 is 0 Å². The average Bonchev–Trinajstić information content (AvgIpc) is 2.28. The van der Waals surface area contributed by atoms with Gasteiger partial charge in [0.05, 0.1) is 5.41 Å². The van der Waals surface area contributed by atoms with Crippen LogP contribution in [-0.4, -0.2) is 46.5 Å². The summed E-state index contributed by atoms with van der Waals surface area (Å²) in [6.45, 7) is 9.96. The molecule has 1 fully saturated rings. The normalized spacial score (nSPS) is 27.8. The van der Waals surface area contributed by atoms with Crippen molar-refractivity contribution in [2.24, 2.45) is 5.41 Å². The van der Waals surface area contributed by atoms with E-state index in [9.17, 15) is 14.8 Å². The van der Waals surface area contributed by atoms with Crippen LogP contribution < -0.4 is 0 Å². The zero-order valence-electron chi connectivity index (χ0n) is 12.4. The maximum Gasteiger partial charge on any atom is 0.328 e. The molecule has 1 aliphatic rings. The number of hydroxylamine groups is 2. The average molecular weight is 273 g/mol. The fourth-order valence-corrected chi connectivity index (χ4v) is 1.76. The molecule has 1 N–H and O–H groups in total. The number of carbonyl (C=O) groups is 2. The lowest BCUT2D eigenvalue weighted by molar-refractivity contribution is -0.276. The third kappa shape index (κ3) is 3.06. The van der Waals surface area contributed by atoms with Crippen molar-refractivity contribution < 1.29 is 24.3 Å². The highest BCUT2D eigenvalue weighted by Gasteiger charge is 2.51. The maximum absolute atomic E-state index is 11.8. The summed E-state index contributed by atoms with van der Waals surface area (Å²) in [4.78, 5) is 23.3. The highest BCUT2D eigenvalue weighted by molar-refractivity contribution is 5.80. The monoisotopic (exact) mass is 273 g/mol. The second-order valence-corrected chi connectivity index (χ2v) is 6.77. The van der Waals surface area contributed by atoms with Crippen molar-refractivity contribution in [3.8, 4) is 0 Å². The van der Waals surface area contributed by atoms with E-state index in [4.69, 9.17) is 9.47 Å². The number of ether oxygens (including phenoxy) is 2. The number of carbonyl (C=O) groups excluding carboxylic acids is 2.